The summed E-state index contributed by atoms with van der Waals surface area (Å²) in [6, 6.07) is 8.93. The molecule has 25 heavy (non-hydrogen) atoms. The van der Waals surface area contributed by atoms with Crippen LogP contribution in [0, 0.1) is 0 Å². The molecule has 3 amide bonds. The van der Waals surface area contributed by atoms with Crippen LogP contribution in [0.1, 0.15) is 16.8 Å². The molecule has 1 fully saturated rings. The van der Waals surface area contributed by atoms with Gasteiger partial charge in [0.1, 0.15) is 11.8 Å². The van der Waals surface area contributed by atoms with Crippen molar-refractivity contribution in [1.29, 1.82) is 0 Å². The number of anilines is 1. The second kappa shape index (κ2) is 7.10. The van der Waals surface area contributed by atoms with Gasteiger partial charge in [0.2, 0.25) is 5.91 Å². The highest BCUT2D eigenvalue weighted by Crippen LogP contribution is 2.26. The van der Waals surface area contributed by atoms with Gasteiger partial charge >= 0.3 is 0 Å². The molecule has 1 aliphatic rings. The Hall–Kier alpha value is -3.26. The lowest BCUT2D eigenvalue weighted by Gasteiger charge is -2.16. The third-order valence-electron chi connectivity index (χ3n) is 3.76. The molecule has 8 heteroatoms. The van der Waals surface area contributed by atoms with E-state index in [0.29, 0.717) is 17.0 Å². The molecule has 0 unspecified atom stereocenters. The number of benzene rings is 1. The standard InChI is InChI=1S/C17H16N4O4/c1-25-13-4-2-3-12(9-13)21-15(22)10-14(17(21)24)19-20-16(23)11-5-7-18-8-6-11/h2-9,14,19H,10H2,1H3,(H,20,23)/t14-/m0/s1. The third kappa shape index (κ3) is 3.48. The summed E-state index contributed by atoms with van der Waals surface area (Å²) < 4.78 is 5.11. The Morgan fingerprint density at radius 2 is 2.00 bits per heavy atom. The first-order valence-electron chi connectivity index (χ1n) is 7.57. The van der Waals surface area contributed by atoms with Crippen LogP contribution >= 0.6 is 0 Å². The number of amides is 3. The number of imide groups is 1. The Bertz CT molecular complexity index is 809. The minimum Gasteiger partial charge on any atom is -0.497 e. The van der Waals surface area contributed by atoms with E-state index in [9.17, 15) is 14.4 Å². The van der Waals surface area contributed by atoms with E-state index in [4.69, 9.17) is 4.74 Å². The van der Waals surface area contributed by atoms with Gasteiger partial charge in [0.05, 0.1) is 19.2 Å². The van der Waals surface area contributed by atoms with Gasteiger partial charge < -0.3 is 4.74 Å². The van der Waals surface area contributed by atoms with Gasteiger partial charge in [-0.05, 0) is 24.3 Å². The summed E-state index contributed by atoms with van der Waals surface area (Å²) in [5.41, 5.74) is 5.89. The van der Waals surface area contributed by atoms with Gasteiger partial charge in [-0.15, -0.1) is 0 Å². The van der Waals surface area contributed by atoms with Crippen molar-refractivity contribution in [2.24, 2.45) is 0 Å². The Balaban J connectivity index is 1.68. The number of nitrogens with one attached hydrogen (secondary N) is 2. The van der Waals surface area contributed by atoms with E-state index in [2.05, 4.69) is 15.8 Å². The number of ether oxygens (including phenoxy) is 1. The molecule has 128 valence electrons. The van der Waals surface area contributed by atoms with Crippen molar-refractivity contribution >= 4 is 23.4 Å². The van der Waals surface area contributed by atoms with E-state index >= 15 is 0 Å². The highest BCUT2D eigenvalue weighted by Gasteiger charge is 2.39. The smallest absolute Gasteiger partial charge is 0.265 e. The molecule has 0 bridgehead atoms. The monoisotopic (exact) mass is 340 g/mol. The van der Waals surface area contributed by atoms with Crippen LogP contribution in [0.5, 0.6) is 5.75 Å². The molecule has 0 spiro atoms. The first kappa shape index (κ1) is 16.6. The molecule has 2 aromatic rings. The minimum absolute atomic E-state index is 0.0489. The maximum atomic E-state index is 12.5. The highest BCUT2D eigenvalue weighted by molar-refractivity contribution is 6.22. The van der Waals surface area contributed by atoms with E-state index in [1.165, 1.54) is 19.5 Å². The maximum Gasteiger partial charge on any atom is 0.265 e. The van der Waals surface area contributed by atoms with Crippen molar-refractivity contribution in [1.82, 2.24) is 15.8 Å². The van der Waals surface area contributed by atoms with Crippen LogP contribution in [-0.2, 0) is 9.59 Å². The zero-order valence-corrected chi connectivity index (χ0v) is 13.4. The van der Waals surface area contributed by atoms with E-state index in [0.717, 1.165) is 4.90 Å². The first-order valence-corrected chi connectivity index (χ1v) is 7.57. The van der Waals surface area contributed by atoms with Crippen LogP contribution in [-0.4, -0.2) is 35.9 Å². The van der Waals surface area contributed by atoms with Crippen molar-refractivity contribution in [2.75, 3.05) is 12.0 Å². The number of pyridine rings is 1. The number of rotatable bonds is 5. The minimum atomic E-state index is -0.829. The molecule has 2 heterocycles. The van der Waals surface area contributed by atoms with Gasteiger partial charge in [-0.3, -0.25) is 24.8 Å². The molecule has 1 atom stereocenters. The van der Waals surface area contributed by atoms with Crippen LogP contribution in [0.3, 0.4) is 0 Å². The van der Waals surface area contributed by atoms with Crippen molar-refractivity contribution in [2.45, 2.75) is 12.5 Å². The largest absolute Gasteiger partial charge is 0.497 e. The molecule has 0 radical (unpaired) electrons. The molecule has 0 saturated carbocycles. The lowest BCUT2D eigenvalue weighted by atomic mass is 10.2. The quantitative estimate of drug-likeness (QED) is 0.612. The van der Waals surface area contributed by atoms with Crippen molar-refractivity contribution in [3.8, 4) is 5.75 Å². The van der Waals surface area contributed by atoms with Crippen molar-refractivity contribution in [3.63, 3.8) is 0 Å². The number of carbonyl (C=O) groups is 3. The molecular formula is C17H16N4O4. The molecule has 8 nitrogen and oxygen atoms in total. The topological polar surface area (TPSA) is 101 Å². The number of hydrogen-bond donors (Lipinski definition) is 2. The van der Waals surface area contributed by atoms with Crippen LogP contribution in [0.4, 0.5) is 5.69 Å². The molecule has 1 aliphatic heterocycles. The second-order valence-corrected chi connectivity index (χ2v) is 5.36. The summed E-state index contributed by atoms with van der Waals surface area (Å²) in [5, 5.41) is 0. The van der Waals surface area contributed by atoms with Gasteiger partial charge in [-0.2, -0.15) is 0 Å². The SMILES string of the molecule is COc1cccc(N2C(=O)C[C@H](NNC(=O)c3ccncc3)C2=O)c1. The van der Waals surface area contributed by atoms with Crippen molar-refractivity contribution < 1.29 is 19.1 Å². The lowest BCUT2D eigenvalue weighted by Crippen LogP contribution is -2.48. The van der Waals surface area contributed by atoms with E-state index in [-0.39, 0.29) is 12.3 Å². The normalized spacial score (nSPS) is 16.8. The van der Waals surface area contributed by atoms with Gasteiger partial charge in [0.25, 0.3) is 11.8 Å². The van der Waals surface area contributed by atoms with Gasteiger partial charge in [-0.1, -0.05) is 6.07 Å². The summed E-state index contributed by atoms with van der Waals surface area (Å²) >= 11 is 0. The second-order valence-electron chi connectivity index (χ2n) is 5.36. The fourth-order valence-electron chi connectivity index (χ4n) is 2.49. The van der Waals surface area contributed by atoms with E-state index < -0.39 is 17.9 Å². The summed E-state index contributed by atoms with van der Waals surface area (Å²) in [4.78, 5) is 41.6. The Morgan fingerprint density at radius 3 is 2.72 bits per heavy atom. The molecule has 1 aromatic carbocycles. The fraction of sp³-hybridized carbons (Fsp3) is 0.176. The number of carbonyl (C=O) groups excluding carboxylic acids is 3. The summed E-state index contributed by atoms with van der Waals surface area (Å²) in [5.74, 6) is -0.662. The molecule has 3 rings (SSSR count). The zero-order valence-electron chi connectivity index (χ0n) is 13.4. The van der Waals surface area contributed by atoms with Crippen LogP contribution in [0.25, 0.3) is 0 Å². The predicted molar refractivity (Wildman–Crippen MR) is 88.7 cm³/mol. The molecule has 1 saturated heterocycles. The summed E-state index contributed by atoms with van der Waals surface area (Å²) in [6.45, 7) is 0. The predicted octanol–water partition coefficient (Wildman–Crippen LogP) is 0.657. The Morgan fingerprint density at radius 1 is 1.24 bits per heavy atom. The fourth-order valence-corrected chi connectivity index (χ4v) is 2.49. The van der Waals surface area contributed by atoms with Gasteiger partial charge in [-0.25, -0.2) is 10.3 Å². The van der Waals surface area contributed by atoms with Crippen molar-refractivity contribution in [3.05, 3.63) is 54.4 Å². The number of nitrogens with zero attached hydrogens (tertiary/aromatic N) is 2. The van der Waals surface area contributed by atoms with Crippen LogP contribution in [0.15, 0.2) is 48.8 Å². The van der Waals surface area contributed by atoms with Gasteiger partial charge in [0, 0.05) is 24.0 Å². The third-order valence-corrected chi connectivity index (χ3v) is 3.76. The maximum absolute atomic E-state index is 12.5. The zero-order chi connectivity index (χ0) is 17.8. The molecular weight excluding hydrogens is 324 g/mol. The Labute approximate surface area is 143 Å². The number of aromatic nitrogens is 1. The first-order chi connectivity index (χ1) is 12.1. The van der Waals surface area contributed by atoms with E-state index in [1.54, 1.807) is 36.4 Å². The Kier molecular flexibility index (Phi) is 4.71. The van der Waals surface area contributed by atoms with Crippen LogP contribution in [0.2, 0.25) is 0 Å². The molecule has 1 aromatic heterocycles. The van der Waals surface area contributed by atoms with E-state index in [1.807, 2.05) is 0 Å². The summed E-state index contributed by atoms with van der Waals surface area (Å²) in [6.07, 6.45) is 2.93. The summed E-state index contributed by atoms with van der Waals surface area (Å²) in [7, 11) is 1.51. The van der Waals surface area contributed by atoms with Crippen LogP contribution < -0.4 is 20.5 Å². The highest BCUT2D eigenvalue weighted by atomic mass is 16.5. The number of hydrogen-bond acceptors (Lipinski definition) is 6. The molecule has 2 N–H and O–H groups in total. The number of hydrazine groups is 1. The molecule has 0 aliphatic carbocycles. The average molecular weight is 340 g/mol. The average Bonchev–Trinajstić information content (AvgIpc) is 2.94. The lowest BCUT2D eigenvalue weighted by molar-refractivity contribution is -0.121. The van der Waals surface area contributed by atoms with Gasteiger partial charge in [0.15, 0.2) is 0 Å². The number of methoxy groups -OCH3 is 1.